The Morgan fingerprint density at radius 2 is 2.30 bits per heavy atom. The number of hydrogen-bond acceptors (Lipinski definition) is 2. The molecule has 0 saturated carbocycles. The first-order chi connectivity index (χ1) is 11.1. The number of fused-ring (bicyclic) bond motifs is 7. The van der Waals surface area contributed by atoms with Crippen LogP contribution in [-0.4, -0.2) is 19.2 Å². The molecule has 0 atom stereocenters. The van der Waals surface area contributed by atoms with E-state index in [9.17, 15) is 0 Å². The van der Waals surface area contributed by atoms with Gasteiger partial charge in [0, 0.05) is 24.2 Å². The van der Waals surface area contributed by atoms with Crippen LogP contribution >= 0.6 is 0 Å². The molecule has 0 aliphatic carbocycles. The van der Waals surface area contributed by atoms with Crippen LogP contribution in [0, 0.1) is 0 Å². The summed E-state index contributed by atoms with van der Waals surface area (Å²) in [5, 5.41) is 4.28. The van der Waals surface area contributed by atoms with E-state index in [1.54, 1.807) is 29.3 Å². The zero-order chi connectivity index (χ0) is 15.8. The number of nitrogens with zero attached hydrogens (tertiary/aromatic N) is 5. The second kappa shape index (κ2) is 3.25. The Morgan fingerprint density at radius 1 is 1.30 bits per heavy atom. The third-order valence-corrected chi connectivity index (χ3v) is 3.97. The molecule has 96 valence electrons. The van der Waals surface area contributed by atoms with E-state index in [2.05, 4.69) is 10.1 Å². The molecule has 4 aromatic heterocycles. The minimum absolute atomic E-state index is 0.640. The topological polar surface area (TPSA) is 39.0 Å². The van der Waals surface area contributed by atoms with Gasteiger partial charge in [0.25, 0.3) is 5.82 Å². The molecule has 0 radical (unpaired) electrons. The zero-order valence-corrected chi connectivity index (χ0v) is 10.5. The lowest BCUT2D eigenvalue weighted by Gasteiger charge is -1.94. The summed E-state index contributed by atoms with van der Waals surface area (Å²) in [6.07, 6.45) is 6.94. The molecule has 4 aromatic rings. The average Bonchev–Trinajstić information content (AvgIpc) is 3.12. The van der Waals surface area contributed by atoms with Crippen LogP contribution in [0.2, 0.25) is 0 Å². The molecule has 0 spiro atoms. The zero-order valence-electron chi connectivity index (χ0n) is 13.5. The van der Waals surface area contributed by atoms with Gasteiger partial charge in [0.1, 0.15) is 12.1 Å². The number of pyridine rings is 1. The van der Waals surface area contributed by atoms with Crippen LogP contribution in [-0.2, 0) is 13.5 Å². The lowest BCUT2D eigenvalue weighted by molar-refractivity contribution is -0.645. The quantitative estimate of drug-likeness (QED) is 0.398. The van der Waals surface area contributed by atoms with Crippen LogP contribution in [0.4, 0.5) is 0 Å². The highest BCUT2D eigenvalue weighted by atomic mass is 15.3. The summed E-state index contributed by atoms with van der Waals surface area (Å²) in [7, 11) is 0. The van der Waals surface area contributed by atoms with Gasteiger partial charge < -0.3 is 0 Å². The molecule has 0 amide bonds. The molecule has 5 heterocycles. The molecule has 0 aromatic carbocycles. The normalized spacial score (nSPS) is 15.9. The fourth-order valence-corrected chi connectivity index (χ4v) is 3.12. The van der Waals surface area contributed by atoms with E-state index in [0.29, 0.717) is 17.9 Å². The maximum absolute atomic E-state index is 7.99. The van der Waals surface area contributed by atoms with E-state index in [-0.39, 0.29) is 0 Å². The minimum atomic E-state index is -2.28. The van der Waals surface area contributed by atoms with E-state index >= 15 is 0 Å². The highest BCUT2D eigenvalue weighted by Gasteiger charge is 2.34. The van der Waals surface area contributed by atoms with Gasteiger partial charge in [0.2, 0.25) is 5.52 Å². The molecule has 1 aliphatic rings. The number of hydrogen-bond donors (Lipinski definition) is 0. The minimum Gasteiger partial charge on any atom is -0.264 e. The molecule has 0 saturated heterocycles. The van der Waals surface area contributed by atoms with Crippen molar-refractivity contribution in [3.63, 3.8) is 0 Å². The van der Waals surface area contributed by atoms with E-state index < -0.39 is 6.98 Å². The highest BCUT2D eigenvalue weighted by molar-refractivity contribution is 5.91. The van der Waals surface area contributed by atoms with E-state index in [4.69, 9.17) is 4.11 Å². The number of aryl methyl sites for hydroxylation is 1. The second-order valence-corrected chi connectivity index (χ2v) is 4.99. The molecule has 5 heteroatoms. The number of imidazole rings is 1. The Balaban J connectivity index is 2.01. The van der Waals surface area contributed by atoms with Gasteiger partial charge in [-0.05, 0) is 18.2 Å². The summed E-state index contributed by atoms with van der Waals surface area (Å²) in [4.78, 5) is 4.17. The summed E-state index contributed by atoms with van der Waals surface area (Å²) in [6.45, 7) is -1.64. The molecule has 20 heavy (non-hydrogen) atoms. The largest absolute Gasteiger partial charge is 0.292 e. The molecule has 0 fully saturated rings. The van der Waals surface area contributed by atoms with Gasteiger partial charge in [0.15, 0.2) is 5.52 Å². The van der Waals surface area contributed by atoms with Gasteiger partial charge in [-0.3, -0.25) is 4.98 Å². The molecule has 0 unspecified atom stereocenters. The van der Waals surface area contributed by atoms with E-state index in [0.717, 1.165) is 22.2 Å². The average molecular weight is 265 g/mol. The predicted molar refractivity (Wildman–Crippen MR) is 74.2 cm³/mol. The summed E-state index contributed by atoms with van der Waals surface area (Å²) >= 11 is 0. The van der Waals surface area contributed by atoms with Crippen LogP contribution in [0.15, 0.2) is 43.0 Å². The van der Waals surface area contributed by atoms with E-state index in [1.165, 1.54) is 4.57 Å². The Morgan fingerprint density at radius 3 is 3.25 bits per heavy atom. The Bertz CT molecular complexity index is 1090. The van der Waals surface area contributed by atoms with Crippen molar-refractivity contribution in [3.05, 3.63) is 48.5 Å². The first-order valence-corrected chi connectivity index (χ1v) is 6.40. The lowest BCUT2D eigenvalue weighted by Crippen LogP contribution is -2.31. The van der Waals surface area contributed by atoms with Crippen molar-refractivity contribution in [2.45, 2.75) is 6.54 Å². The molecule has 5 rings (SSSR count). The lowest BCUT2D eigenvalue weighted by atomic mass is 10.2. The molecule has 0 N–H and O–H groups in total. The van der Waals surface area contributed by atoms with Crippen molar-refractivity contribution in [2.75, 3.05) is 0 Å². The van der Waals surface area contributed by atoms with Gasteiger partial charge in [-0.15, -0.1) is 0 Å². The second-order valence-electron chi connectivity index (χ2n) is 4.99. The first kappa shape index (κ1) is 7.79. The van der Waals surface area contributed by atoms with Crippen LogP contribution < -0.4 is 4.57 Å². The van der Waals surface area contributed by atoms with Crippen LogP contribution in [0.1, 0.15) is 9.68 Å². The third kappa shape index (κ3) is 1.02. The Kier molecular flexibility index (Phi) is 1.27. The summed E-state index contributed by atoms with van der Waals surface area (Å²) in [5.41, 5.74) is 4.40. The van der Waals surface area contributed by atoms with Crippen LogP contribution in [0.3, 0.4) is 0 Å². The van der Waals surface area contributed by atoms with Crippen molar-refractivity contribution in [3.8, 4) is 11.4 Å². The SMILES string of the molecule is [2H]C([2H])([2H])n1c2[n+](c3c1cn1ncccc31)Cc1ccncc1-2. The molecule has 1 aliphatic heterocycles. The van der Waals surface area contributed by atoms with Crippen LogP contribution in [0.5, 0.6) is 0 Å². The Hall–Kier alpha value is -2.69. The molecular weight excluding hydrogens is 250 g/mol. The van der Waals surface area contributed by atoms with Crippen molar-refractivity contribution in [1.29, 1.82) is 0 Å². The molecule has 5 nitrogen and oxygen atoms in total. The summed E-state index contributed by atoms with van der Waals surface area (Å²) in [6, 6.07) is 5.75. The molecule has 0 bridgehead atoms. The van der Waals surface area contributed by atoms with Crippen molar-refractivity contribution >= 4 is 16.6 Å². The maximum Gasteiger partial charge on any atom is 0.292 e. The van der Waals surface area contributed by atoms with Gasteiger partial charge in [-0.2, -0.15) is 5.10 Å². The van der Waals surface area contributed by atoms with Crippen molar-refractivity contribution in [2.24, 2.45) is 6.98 Å². The maximum atomic E-state index is 7.99. The van der Waals surface area contributed by atoms with Crippen LogP contribution in [0.25, 0.3) is 27.9 Å². The fraction of sp³-hybridized carbons (Fsp3) is 0.133. The summed E-state index contributed by atoms with van der Waals surface area (Å²) in [5.74, 6) is 0.685. The van der Waals surface area contributed by atoms with Gasteiger partial charge in [0.05, 0.1) is 22.8 Å². The van der Waals surface area contributed by atoms with Crippen molar-refractivity contribution < 1.29 is 8.68 Å². The van der Waals surface area contributed by atoms with Gasteiger partial charge in [-0.1, -0.05) is 0 Å². The first-order valence-electron chi connectivity index (χ1n) is 7.90. The predicted octanol–water partition coefficient (Wildman–Crippen LogP) is 1.54. The number of rotatable bonds is 0. The number of aromatic nitrogens is 5. The standard InChI is InChI=1S/C15H12N5/c1-18-13-9-20-12(3-2-5-17-20)14(13)19-8-10-4-6-16-7-11(10)15(18)19/h2-7,9H,8H2,1H3/q+1/i1D3. The molecular formula is C15H12N5+. The van der Waals surface area contributed by atoms with Gasteiger partial charge >= 0.3 is 0 Å². The highest BCUT2D eigenvalue weighted by Crippen LogP contribution is 2.31. The third-order valence-electron chi connectivity index (χ3n) is 3.97. The Labute approximate surface area is 118 Å². The van der Waals surface area contributed by atoms with E-state index in [1.807, 2.05) is 22.8 Å². The monoisotopic (exact) mass is 265 g/mol. The van der Waals surface area contributed by atoms with Crippen molar-refractivity contribution in [1.82, 2.24) is 19.2 Å². The summed E-state index contributed by atoms with van der Waals surface area (Å²) < 4.78 is 29.2. The van der Waals surface area contributed by atoms with Gasteiger partial charge in [-0.25, -0.2) is 13.6 Å². The smallest absolute Gasteiger partial charge is 0.264 e. The fourth-order valence-electron chi connectivity index (χ4n) is 3.12.